The van der Waals surface area contributed by atoms with Gasteiger partial charge in [0.2, 0.25) is 0 Å². The predicted octanol–water partition coefficient (Wildman–Crippen LogP) is 4.71. The van der Waals surface area contributed by atoms with Crippen molar-refractivity contribution in [3.05, 3.63) is 45.7 Å². The number of halogens is 3. The van der Waals surface area contributed by atoms with Gasteiger partial charge in [0.05, 0.1) is 4.47 Å². The predicted molar refractivity (Wildman–Crippen MR) is 66.9 cm³/mol. The van der Waals surface area contributed by atoms with Gasteiger partial charge in [-0.25, -0.2) is 4.39 Å². The van der Waals surface area contributed by atoms with Crippen molar-refractivity contribution in [1.29, 1.82) is 0 Å². The Kier molecular flexibility index (Phi) is 5.34. The summed E-state index contributed by atoms with van der Waals surface area (Å²) in [4.78, 5) is 0. The number of rotatable bonds is 4. The Balaban J connectivity index is 2.68. The van der Waals surface area contributed by atoms with Crippen molar-refractivity contribution >= 4 is 27.5 Å². The van der Waals surface area contributed by atoms with Crippen molar-refractivity contribution in [1.82, 2.24) is 0 Å². The fraction of sp³-hybridized carbons (Fsp3) is 0.333. The number of hydrogen-bond donors (Lipinski definition) is 0. The Hall–Kier alpha value is -0.340. The van der Waals surface area contributed by atoms with Crippen molar-refractivity contribution in [3.8, 4) is 0 Å². The molecule has 0 aromatic heterocycles. The highest BCUT2D eigenvalue weighted by Crippen LogP contribution is 2.18. The minimum atomic E-state index is -0.221. The van der Waals surface area contributed by atoms with Gasteiger partial charge in [0.1, 0.15) is 5.82 Å². The monoisotopic (exact) mass is 290 g/mol. The van der Waals surface area contributed by atoms with Crippen LogP contribution >= 0.6 is 27.5 Å². The summed E-state index contributed by atoms with van der Waals surface area (Å²) in [7, 11) is 0. The van der Waals surface area contributed by atoms with Crippen LogP contribution in [0.25, 0.3) is 0 Å². The number of hydrogen-bond acceptors (Lipinski definition) is 0. The second-order valence-electron chi connectivity index (χ2n) is 3.45. The zero-order chi connectivity index (χ0) is 11.3. The lowest BCUT2D eigenvalue weighted by atomic mass is 10.1. The Labute approximate surface area is 103 Å². The maximum Gasteiger partial charge on any atom is 0.137 e. The molecule has 0 heterocycles. The van der Waals surface area contributed by atoms with Crippen molar-refractivity contribution < 1.29 is 4.39 Å². The summed E-state index contributed by atoms with van der Waals surface area (Å²) < 4.78 is 13.5. The van der Waals surface area contributed by atoms with Crippen LogP contribution < -0.4 is 0 Å². The Morgan fingerprint density at radius 2 is 2.27 bits per heavy atom. The van der Waals surface area contributed by atoms with Crippen LogP contribution in [0.15, 0.2) is 34.3 Å². The van der Waals surface area contributed by atoms with Crippen LogP contribution in [0.1, 0.15) is 18.9 Å². The Morgan fingerprint density at radius 1 is 1.53 bits per heavy atom. The van der Waals surface area contributed by atoms with E-state index in [2.05, 4.69) is 28.9 Å². The van der Waals surface area contributed by atoms with Gasteiger partial charge in [-0.2, -0.15) is 0 Å². The van der Waals surface area contributed by atoms with Gasteiger partial charge in [-0.1, -0.05) is 17.7 Å². The van der Waals surface area contributed by atoms with E-state index in [-0.39, 0.29) is 5.82 Å². The summed E-state index contributed by atoms with van der Waals surface area (Å²) in [6.45, 7) is 2.06. The summed E-state index contributed by atoms with van der Waals surface area (Å²) in [6.07, 6.45) is 3.84. The van der Waals surface area contributed by atoms with E-state index < -0.39 is 0 Å². The SMILES string of the molecule is CC(=CCCCl)Cc1ccc(F)c(Br)c1. The highest BCUT2D eigenvalue weighted by molar-refractivity contribution is 9.10. The minimum Gasteiger partial charge on any atom is -0.206 e. The fourth-order valence-electron chi connectivity index (χ4n) is 1.34. The van der Waals surface area contributed by atoms with Crippen LogP contribution in [0.3, 0.4) is 0 Å². The lowest BCUT2D eigenvalue weighted by Gasteiger charge is -2.03. The topological polar surface area (TPSA) is 0 Å². The molecule has 0 radical (unpaired) electrons. The molecule has 0 saturated carbocycles. The van der Waals surface area contributed by atoms with Crippen molar-refractivity contribution in [2.45, 2.75) is 19.8 Å². The fourth-order valence-corrected chi connectivity index (χ4v) is 1.88. The normalized spacial score (nSPS) is 11.9. The van der Waals surface area contributed by atoms with Crippen LogP contribution in [0.2, 0.25) is 0 Å². The van der Waals surface area contributed by atoms with Crippen molar-refractivity contribution in [2.75, 3.05) is 5.88 Å². The second-order valence-corrected chi connectivity index (χ2v) is 4.69. The van der Waals surface area contributed by atoms with Gasteiger partial charge in [0.25, 0.3) is 0 Å². The standard InChI is InChI=1S/C12H13BrClF/c1-9(3-2-6-14)7-10-4-5-12(15)11(13)8-10/h3-5,8H,2,6-7H2,1H3. The molecule has 3 heteroatoms. The van der Waals surface area contributed by atoms with E-state index in [0.29, 0.717) is 10.4 Å². The highest BCUT2D eigenvalue weighted by atomic mass is 79.9. The molecule has 0 unspecified atom stereocenters. The van der Waals surface area contributed by atoms with Crippen molar-refractivity contribution in [2.24, 2.45) is 0 Å². The quantitative estimate of drug-likeness (QED) is 0.557. The lowest BCUT2D eigenvalue weighted by Crippen LogP contribution is -1.89. The third-order valence-electron chi connectivity index (χ3n) is 2.07. The molecule has 0 saturated heterocycles. The molecule has 0 atom stereocenters. The molecule has 82 valence electrons. The average Bonchev–Trinajstić information content (AvgIpc) is 2.20. The van der Waals surface area contributed by atoms with E-state index in [1.807, 2.05) is 6.07 Å². The van der Waals surface area contributed by atoms with E-state index in [9.17, 15) is 4.39 Å². The van der Waals surface area contributed by atoms with Gasteiger partial charge in [-0.3, -0.25) is 0 Å². The molecule has 0 amide bonds. The Morgan fingerprint density at radius 3 is 2.87 bits per heavy atom. The molecule has 0 fully saturated rings. The Bertz CT molecular complexity index is 361. The summed E-state index contributed by atoms with van der Waals surface area (Å²) in [5.74, 6) is 0.422. The second kappa shape index (κ2) is 6.29. The third kappa shape index (κ3) is 4.35. The number of allylic oxidation sites excluding steroid dienone is 2. The summed E-state index contributed by atoms with van der Waals surface area (Å²) >= 11 is 8.77. The molecule has 1 aromatic rings. The molecular weight excluding hydrogens is 278 g/mol. The third-order valence-corrected chi connectivity index (χ3v) is 2.89. The van der Waals surface area contributed by atoms with E-state index in [0.717, 1.165) is 18.4 Å². The minimum absolute atomic E-state index is 0.221. The van der Waals surface area contributed by atoms with Gasteiger partial charge in [0, 0.05) is 5.88 Å². The smallest absolute Gasteiger partial charge is 0.137 e. The number of benzene rings is 1. The molecular formula is C12H13BrClF. The summed E-state index contributed by atoms with van der Waals surface area (Å²) in [5.41, 5.74) is 2.36. The molecule has 0 N–H and O–H groups in total. The summed E-state index contributed by atoms with van der Waals surface area (Å²) in [5, 5.41) is 0. The van der Waals surface area contributed by atoms with Gasteiger partial charge < -0.3 is 0 Å². The van der Waals surface area contributed by atoms with Gasteiger partial charge >= 0.3 is 0 Å². The zero-order valence-electron chi connectivity index (χ0n) is 8.56. The van der Waals surface area contributed by atoms with Crippen LogP contribution in [0, 0.1) is 5.82 Å². The molecule has 1 aromatic carbocycles. The first-order valence-corrected chi connectivity index (χ1v) is 6.11. The maximum absolute atomic E-state index is 13.0. The molecule has 0 nitrogen and oxygen atoms in total. The van der Waals surface area contributed by atoms with E-state index in [1.165, 1.54) is 11.6 Å². The molecule has 15 heavy (non-hydrogen) atoms. The van der Waals surface area contributed by atoms with Crippen molar-refractivity contribution in [3.63, 3.8) is 0 Å². The van der Waals surface area contributed by atoms with Gasteiger partial charge in [-0.15, -0.1) is 11.6 Å². The molecule has 0 bridgehead atoms. The van der Waals surface area contributed by atoms with Crippen LogP contribution in [0.4, 0.5) is 4.39 Å². The van der Waals surface area contributed by atoms with Crippen LogP contribution in [0.5, 0.6) is 0 Å². The highest BCUT2D eigenvalue weighted by Gasteiger charge is 2.00. The molecule has 0 spiro atoms. The van der Waals surface area contributed by atoms with E-state index in [1.54, 1.807) is 6.07 Å². The first kappa shape index (κ1) is 12.7. The molecule has 0 aliphatic carbocycles. The van der Waals surface area contributed by atoms with Gasteiger partial charge in [0.15, 0.2) is 0 Å². The van der Waals surface area contributed by atoms with E-state index in [4.69, 9.17) is 11.6 Å². The maximum atomic E-state index is 13.0. The van der Waals surface area contributed by atoms with Crippen LogP contribution in [-0.4, -0.2) is 5.88 Å². The lowest BCUT2D eigenvalue weighted by molar-refractivity contribution is 0.620. The largest absolute Gasteiger partial charge is 0.206 e. The number of alkyl halides is 1. The van der Waals surface area contributed by atoms with Gasteiger partial charge in [-0.05, 0) is 53.4 Å². The van der Waals surface area contributed by atoms with E-state index >= 15 is 0 Å². The molecule has 1 rings (SSSR count). The average molecular weight is 292 g/mol. The first-order chi connectivity index (χ1) is 7.13. The molecule has 0 aliphatic rings. The summed E-state index contributed by atoms with van der Waals surface area (Å²) in [6, 6.07) is 5.10. The molecule has 0 aliphatic heterocycles. The zero-order valence-corrected chi connectivity index (χ0v) is 10.9. The van der Waals surface area contributed by atoms with Crippen LogP contribution in [-0.2, 0) is 6.42 Å². The first-order valence-electron chi connectivity index (χ1n) is 4.79.